The van der Waals surface area contributed by atoms with Gasteiger partial charge in [0.2, 0.25) is 29.5 Å². The van der Waals surface area contributed by atoms with Crippen molar-refractivity contribution < 1.29 is 29.1 Å². The molecule has 0 saturated carbocycles. The van der Waals surface area contributed by atoms with Crippen molar-refractivity contribution in [1.82, 2.24) is 21.3 Å². The van der Waals surface area contributed by atoms with Crippen molar-refractivity contribution in [1.29, 1.82) is 0 Å². The Bertz CT molecular complexity index is 1240. The summed E-state index contributed by atoms with van der Waals surface area (Å²) in [6.07, 6.45) is 0.717. The summed E-state index contributed by atoms with van der Waals surface area (Å²) < 4.78 is 0. The molecule has 1 saturated heterocycles. The zero-order chi connectivity index (χ0) is 30.0. The number of amides is 5. The van der Waals surface area contributed by atoms with E-state index < -0.39 is 47.3 Å². The monoisotopic (exact) mass is 566 g/mol. The van der Waals surface area contributed by atoms with Gasteiger partial charge in [-0.15, -0.1) is 0 Å². The summed E-state index contributed by atoms with van der Waals surface area (Å²) >= 11 is 0. The number of nitrogens with one attached hydrogen (secondary N) is 4. The number of benzene rings is 2. The molecule has 9 N–H and O–H groups in total. The number of phenols is 1. The van der Waals surface area contributed by atoms with Crippen LogP contribution in [0.5, 0.6) is 5.75 Å². The van der Waals surface area contributed by atoms with Crippen molar-refractivity contribution in [2.45, 2.75) is 69.1 Å². The van der Waals surface area contributed by atoms with E-state index in [1.54, 1.807) is 36.4 Å². The number of carbonyl (C=O) groups excluding carboxylic acids is 5. The molecule has 2 aromatic rings. The molecule has 41 heavy (non-hydrogen) atoms. The Labute approximate surface area is 238 Å². The molecule has 220 valence electrons. The summed E-state index contributed by atoms with van der Waals surface area (Å²) in [6, 6.07) is 12.1. The van der Waals surface area contributed by atoms with Gasteiger partial charge in [-0.1, -0.05) is 42.5 Å². The lowest BCUT2D eigenvalue weighted by atomic mass is 9.90. The van der Waals surface area contributed by atoms with Crippen LogP contribution >= 0.6 is 0 Å². The van der Waals surface area contributed by atoms with Gasteiger partial charge >= 0.3 is 0 Å². The molecule has 0 spiro atoms. The van der Waals surface area contributed by atoms with E-state index in [0.717, 1.165) is 11.1 Å². The molecule has 3 rings (SSSR count). The van der Waals surface area contributed by atoms with Gasteiger partial charge in [-0.2, -0.15) is 0 Å². The van der Waals surface area contributed by atoms with Crippen molar-refractivity contribution in [3.05, 3.63) is 65.7 Å². The first-order chi connectivity index (χ1) is 19.5. The van der Waals surface area contributed by atoms with Crippen LogP contribution in [0.25, 0.3) is 0 Å². The third kappa shape index (κ3) is 9.31. The van der Waals surface area contributed by atoms with E-state index in [-0.39, 0.29) is 50.3 Å². The second kappa shape index (κ2) is 14.3. The van der Waals surface area contributed by atoms with Gasteiger partial charge < -0.3 is 37.8 Å². The maximum atomic E-state index is 13.6. The van der Waals surface area contributed by atoms with E-state index in [2.05, 4.69) is 21.3 Å². The normalized spacial score (nSPS) is 23.2. The van der Waals surface area contributed by atoms with Gasteiger partial charge in [-0.25, -0.2) is 0 Å². The fourth-order valence-corrected chi connectivity index (χ4v) is 4.57. The molecule has 12 heteroatoms. The molecule has 0 bridgehead atoms. The third-order valence-corrected chi connectivity index (χ3v) is 6.96. The molecule has 0 radical (unpaired) electrons. The minimum absolute atomic E-state index is 0.000127. The third-order valence-electron chi connectivity index (χ3n) is 6.96. The SMILES string of the molecule is C[C@]1(Cc2ccccc2)NC(=O)[C@H](NC(=O)[C@@H](N)Cc2ccc(O)cc2)CCCNC(=O)CC[C@@H](C(N)=O)NC1=O. The summed E-state index contributed by atoms with van der Waals surface area (Å²) in [7, 11) is 0. The van der Waals surface area contributed by atoms with E-state index in [1.807, 2.05) is 6.07 Å². The summed E-state index contributed by atoms with van der Waals surface area (Å²) in [4.78, 5) is 64.6. The first kappa shape index (κ1) is 31.1. The number of aromatic hydroxyl groups is 1. The van der Waals surface area contributed by atoms with Crippen molar-refractivity contribution in [2.24, 2.45) is 11.5 Å². The maximum absolute atomic E-state index is 13.6. The summed E-state index contributed by atoms with van der Waals surface area (Å²) in [5.74, 6) is -2.92. The summed E-state index contributed by atoms with van der Waals surface area (Å²) in [6.45, 7) is 1.76. The van der Waals surface area contributed by atoms with Crippen molar-refractivity contribution >= 4 is 29.5 Å². The van der Waals surface area contributed by atoms with Gasteiger partial charge in [0, 0.05) is 19.4 Å². The topological polar surface area (TPSA) is 206 Å². The summed E-state index contributed by atoms with van der Waals surface area (Å²) in [5.41, 5.74) is 11.6. The smallest absolute Gasteiger partial charge is 0.246 e. The molecular weight excluding hydrogens is 528 g/mol. The predicted molar refractivity (Wildman–Crippen MR) is 151 cm³/mol. The second-order valence-electron chi connectivity index (χ2n) is 10.5. The van der Waals surface area contributed by atoms with E-state index >= 15 is 0 Å². The zero-order valence-corrected chi connectivity index (χ0v) is 23.0. The minimum atomic E-state index is -1.53. The van der Waals surface area contributed by atoms with Gasteiger partial charge in [0.25, 0.3) is 0 Å². The lowest BCUT2D eigenvalue weighted by Crippen LogP contribution is -2.64. The number of hydrogen-bond donors (Lipinski definition) is 7. The van der Waals surface area contributed by atoms with Crippen molar-refractivity contribution in [3.8, 4) is 5.75 Å². The number of rotatable bonds is 7. The zero-order valence-electron chi connectivity index (χ0n) is 23.0. The average Bonchev–Trinajstić information content (AvgIpc) is 2.93. The van der Waals surface area contributed by atoms with E-state index in [1.165, 1.54) is 19.1 Å². The molecule has 4 atom stereocenters. The van der Waals surface area contributed by atoms with Crippen LogP contribution in [0.4, 0.5) is 0 Å². The van der Waals surface area contributed by atoms with E-state index in [0.29, 0.717) is 6.42 Å². The maximum Gasteiger partial charge on any atom is 0.246 e. The van der Waals surface area contributed by atoms with Crippen LogP contribution in [0.15, 0.2) is 54.6 Å². The lowest BCUT2D eigenvalue weighted by Gasteiger charge is -2.33. The molecule has 2 aromatic carbocycles. The van der Waals surface area contributed by atoms with E-state index in [4.69, 9.17) is 11.5 Å². The largest absolute Gasteiger partial charge is 0.508 e. The van der Waals surface area contributed by atoms with E-state index in [9.17, 15) is 29.1 Å². The Morgan fingerprint density at radius 2 is 1.73 bits per heavy atom. The van der Waals surface area contributed by atoms with Gasteiger partial charge in [0.1, 0.15) is 23.4 Å². The number of carbonyl (C=O) groups is 5. The molecule has 1 heterocycles. The molecule has 5 amide bonds. The fourth-order valence-electron chi connectivity index (χ4n) is 4.57. The number of primary amides is 1. The fraction of sp³-hybridized carbons (Fsp3) is 0.414. The highest BCUT2D eigenvalue weighted by Gasteiger charge is 2.39. The van der Waals surface area contributed by atoms with Crippen LogP contribution < -0.4 is 32.7 Å². The minimum Gasteiger partial charge on any atom is -0.508 e. The van der Waals surface area contributed by atoms with Crippen molar-refractivity contribution in [2.75, 3.05) is 6.54 Å². The quantitative estimate of drug-likeness (QED) is 0.234. The predicted octanol–water partition coefficient (Wildman–Crippen LogP) is -0.475. The molecule has 1 aliphatic rings. The molecule has 0 unspecified atom stereocenters. The lowest BCUT2D eigenvalue weighted by molar-refractivity contribution is -0.137. The van der Waals surface area contributed by atoms with Crippen LogP contribution in [0.1, 0.15) is 43.7 Å². The Balaban J connectivity index is 1.85. The highest BCUT2D eigenvalue weighted by atomic mass is 16.3. The molecule has 0 aromatic heterocycles. The second-order valence-corrected chi connectivity index (χ2v) is 10.5. The average molecular weight is 567 g/mol. The first-order valence-corrected chi connectivity index (χ1v) is 13.5. The van der Waals surface area contributed by atoms with Crippen LogP contribution in [-0.2, 0) is 36.8 Å². The molecule has 1 fully saturated rings. The highest BCUT2D eigenvalue weighted by Crippen LogP contribution is 2.17. The Kier molecular flexibility index (Phi) is 10.8. The molecular formula is C29H38N6O6. The Morgan fingerprint density at radius 3 is 2.39 bits per heavy atom. The highest BCUT2D eigenvalue weighted by molar-refractivity contribution is 5.97. The Hall–Kier alpha value is -4.45. The molecule has 0 aliphatic carbocycles. The standard InChI is InChI=1S/C29H38N6O6/c1-29(17-19-6-3-2-4-7-19)28(41)34-22(25(31)38)13-14-24(37)32-15-5-8-23(27(40)35-29)33-26(39)21(30)16-18-9-11-20(36)12-10-18/h2-4,6-7,9-12,21-23,36H,5,8,13-17,30H2,1H3,(H2,31,38)(H,32,37)(H,33,39)(H,34,41)(H,35,40)/t21-,22-,23+,29+/m0/s1. The van der Waals surface area contributed by atoms with Crippen LogP contribution in [-0.4, -0.2) is 64.9 Å². The molecule has 1 aliphatic heterocycles. The van der Waals surface area contributed by atoms with Gasteiger partial charge in [0.15, 0.2) is 0 Å². The van der Waals surface area contributed by atoms with Gasteiger partial charge in [-0.3, -0.25) is 24.0 Å². The van der Waals surface area contributed by atoms with Gasteiger partial charge in [0.05, 0.1) is 6.04 Å². The van der Waals surface area contributed by atoms with Crippen LogP contribution in [0.2, 0.25) is 0 Å². The Morgan fingerprint density at radius 1 is 1.05 bits per heavy atom. The number of hydrogen-bond acceptors (Lipinski definition) is 7. The summed E-state index contributed by atoms with van der Waals surface area (Å²) in [5, 5.41) is 20.3. The van der Waals surface area contributed by atoms with Crippen molar-refractivity contribution in [3.63, 3.8) is 0 Å². The number of nitrogens with two attached hydrogens (primary N) is 2. The van der Waals surface area contributed by atoms with Crippen LogP contribution in [0, 0.1) is 0 Å². The van der Waals surface area contributed by atoms with Gasteiger partial charge in [-0.05, 0) is 55.9 Å². The van der Waals surface area contributed by atoms with Crippen LogP contribution in [0.3, 0.4) is 0 Å². The number of phenolic OH excluding ortho intramolecular Hbond substituents is 1. The first-order valence-electron chi connectivity index (χ1n) is 13.5. The molecule has 12 nitrogen and oxygen atoms in total.